The minimum absolute atomic E-state index is 0.0206. The zero-order chi connectivity index (χ0) is 28.8. The van der Waals surface area contributed by atoms with Crippen molar-refractivity contribution in [3.05, 3.63) is 53.6 Å². The molecule has 206 valence electrons. The predicted molar refractivity (Wildman–Crippen MR) is 144 cm³/mol. The molecule has 6 rings (SSSR count). The summed E-state index contributed by atoms with van der Waals surface area (Å²) in [6, 6.07) is 11.5. The van der Waals surface area contributed by atoms with Crippen LogP contribution in [-0.2, 0) is 25.6 Å². The molecule has 40 heavy (non-hydrogen) atoms. The normalized spacial score (nSPS) is 31.7. The Morgan fingerprint density at radius 2 is 1.77 bits per heavy atom. The lowest BCUT2D eigenvalue weighted by molar-refractivity contribution is -0.195. The van der Waals surface area contributed by atoms with E-state index in [4.69, 9.17) is 5.73 Å². The Morgan fingerprint density at radius 3 is 2.42 bits per heavy atom. The molecule has 11 heteroatoms. The van der Waals surface area contributed by atoms with Crippen molar-refractivity contribution in [2.75, 3.05) is 14.1 Å². The number of aliphatic hydroxyl groups excluding tert-OH is 1. The van der Waals surface area contributed by atoms with Gasteiger partial charge in [-0.1, -0.05) is 24.3 Å². The van der Waals surface area contributed by atoms with Gasteiger partial charge in [-0.15, -0.1) is 11.3 Å². The van der Waals surface area contributed by atoms with E-state index in [9.17, 15) is 39.3 Å². The summed E-state index contributed by atoms with van der Waals surface area (Å²) in [4.78, 5) is 68.6. The Balaban J connectivity index is 1.48. The van der Waals surface area contributed by atoms with E-state index in [-0.39, 0.29) is 17.7 Å². The van der Waals surface area contributed by atoms with E-state index in [0.29, 0.717) is 16.0 Å². The number of ketones is 4. The third-order valence-corrected chi connectivity index (χ3v) is 9.86. The van der Waals surface area contributed by atoms with Crippen molar-refractivity contribution in [2.24, 2.45) is 29.4 Å². The molecule has 0 radical (unpaired) electrons. The predicted octanol–water partition coefficient (Wildman–Crippen LogP) is 0.720. The fourth-order valence-corrected chi connectivity index (χ4v) is 7.99. The molecule has 3 aliphatic rings. The lowest BCUT2D eigenvalue weighted by Gasteiger charge is -2.54. The van der Waals surface area contributed by atoms with Crippen LogP contribution in [-0.4, -0.2) is 81.1 Å². The number of hydrogen-bond donors (Lipinski definition) is 4. The number of carbonyl (C=O) groups excluding carboxylic acids is 5. The summed E-state index contributed by atoms with van der Waals surface area (Å²) in [5.74, 6) is -12.5. The van der Waals surface area contributed by atoms with Crippen molar-refractivity contribution in [1.82, 2.24) is 4.90 Å². The van der Waals surface area contributed by atoms with Crippen LogP contribution >= 0.6 is 11.3 Å². The second kappa shape index (κ2) is 8.87. The Morgan fingerprint density at radius 1 is 1.07 bits per heavy atom. The zero-order valence-corrected chi connectivity index (χ0v) is 22.3. The summed E-state index contributed by atoms with van der Waals surface area (Å²) in [7, 11) is 2.91. The highest BCUT2D eigenvalue weighted by Crippen LogP contribution is 2.52. The quantitative estimate of drug-likeness (QED) is 0.335. The lowest BCUT2D eigenvalue weighted by atomic mass is 9.51. The topological polar surface area (TPSA) is 175 Å². The largest absolute Gasteiger partial charge is 0.506 e. The van der Waals surface area contributed by atoms with Crippen molar-refractivity contribution in [3.8, 4) is 16.2 Å². The number of hydrogen-bond acceptors (Lipinski definition) is 10. The molecule has 1 heterocycles. The molecule has 0 spiro atoms. The molecular formula is C29H26N2O8S. The molecule has 3 aromatic rings. The number of likely N-dealkylation sites (N-methyl/N-ethyl adjacent to an activating group) is 1. The van der Waals surface area contributed by atoms with Crippen LogP contribution in [0.3, 0.4) is 0 Å². The first-order chi connectivity index (χ1) is 18.9. The van der Waals surface area contributed by atoms with Crippen LogP contribution in [0.25, 0.3) is 20.5 Å². The number of benzene rings is 2. The van der Waals surface area contributed by atoms with Gasteiger partial charge < -0.3 is 21.1 Å². The van der Waals surface area contributed by atoms with Crippen molar-refractivity contribution >= 4 is 50.5 Å². The molecule has 7 atom stereocenters. The fourth-order valence-electron chi connectivity index (χ4n) is 6.90. The zero-order valence-electron chi connectivity index (χ0n) is 21.5. The van der Waals surface area contributed by atoms with Crippen LogP contribution in [0.1, 0.15) is 15.9 Å². The number of carbonyl (C=O) groups is 5. The third kappa shape index (κ3) is 3.35. The molecule has 0 bridgehead atoms. The number of primary amides is 1. The van der Waals surface area contributed by atoms with Gasteiger partial charge in [0.1, 0.15) is 5.75 Å². The van der Waals surface area contributed by atoms with Crippen LogP contribution in [0, 0.1) is 23.7 Å². The smallest absolute Gasteiger partial charge is 0.235 e. The van der Waals surface area contributed by atoms with E-state index in [0.717, 1.165) is 10.1 Å². The third-order valence-electron chi connectivity index (χ3n) is 8.71. The Hall–Kier alpha value is -3.77. The van der Waals surface area contributed by atoms with Gasteiger partial charge in [0.15, 0.2) is 34.7 Å². The van der Waals surface area contributed by atoms with E-state index >= 15 is 0 Å². The van der Waals surface area contributed by atoms with Gasteiger partial charge in [0.2, 0.25) is 5.91 Å². The fraction of sp³-hybridized carbons (Fsp3) is 0.345. The van der Waals surface area contributed by atoms with Gasteiger partial charge in [-0.2, -0.15) is 0 Å². The molecular weight excluding hydrogens is 536 g/mol. The van der Waals surface area contributed by atoms with Gasteiger partial charge in [-0.3, -0.25) is 28.9 Å². The Bertz CT molecular complexity index is 1630. The number of amides is 1. The molecule has 5 N–H and O–H groups in total. The second-order valence-electron chi connectivity index (χ2n) is 11.0. The summed E-state index contributed by atoms with van der Waals surface area (Å²) >= 11 is 1.42. The van der Waals surface area contributed by atoms with Gasteiger partial charge in [-0.05, 0) is 49.7 Å². The SMILES string of the molecule is CN(C)[C@H]1C(=O)C(C(N)=O)C(=O)[C@]2(O)C(=O)C3C(=O)c4c(ccc(-c5cc6ccccc6s5)c4O)C[C@@H]3[C@@H](O)[C@H]12. The molecule has 2 aromatic carbocycles. The maximum atomic E-state index is 14.0. The standard InChI is InChI=1S/C29H26N2O8S/c1-31(2)21-20-23(33)14-9-12-7-8-13(16-10-11-5-3-4-6-15(11)40-16)22(32)17(12)24(34)18(14)26(36)29(20,39)27(37)19(25(21)35)28(30)38/h3-8,10,14,18-21,23,32-33,39H,9H2,1-2H3,(H2,30,38)/t14-,18?,19?,20-,21+,23+,29+/m0/s1. The molecule has 0 saturated heterocycles. The van der Waals surface area contributed by atoms with Gasteiger partial charge in [0, 0.05) is 21.1 Å². The number of nitrogens with two attached hydrogens (primary N) is 1. The lowest BCUT2D eigenvalue weighted by Crippen LogP contribution is -2.77. The summed E-state index contributed by atoms with van der Waals surface area (Å²) in [6.45, 7) is 0. The van der Waals surface area contributed by atoms with Gasteiger partial charge in [0.25, 0.3) is 0 Å². The van der Waals surface area contributed by atoms with E-state index in [2.05, 4.69) is 0 Å². The molecule has 0 aliphatic heterocycles. The van der Waals surface area contributed by atoms with Crippen molar-refractivity contribution in [2.45, 2.75) is 24.2 Å². The van der Waals surface area contributed by atoms with Gasteiger partial charge in [-0.25, -0.2) is 0 Å². The molecule has 1 amide bonds. The number of phenols is 1. The number of fused-ring (bicyclic) bond motifs is 4. The summed E-state index contributed by atoms with van der Waals surface area (Å²) in [5, 5.41) is 35.5. The van der Waals surface area contributed by atoms with Crippen LogP contribution < -0.4 is 5.73 Å². The number of rotatable bonds is 3. The number of aromatic hydroxyl groups is 1. The number of phenolic OH excluding ortho intramolecular Hbond substituents is 1. The average molecular weight is 563 g/mol. The summed E-state index contributed by atoms with van der Waals surface area (Å²) < 4.78 is 0.977. The monoisotopic (exact) mass is 562 g/mol. The van der Waals surface area contributed by atoms with E-state index < -0.39 is 70.5 Å². The van der Waals surface area contributed by atoms with Crippen molar-refractivity contribution in [1.29, 1.82) is 0 Å². The van der Waals surface area contributed by atoms with E-state index in [1.807, 2.05) is 30.3 Å². The molecule has 2 unspecified atom stereocenters. The van der Waals surface area contributed by atoms with Gasteiger partial charge in [0.05, 0.1) is 29.5 Å². The average Bonchev–Trinajstić information content (AvgIpc) is 3.32. The first kappa shape index (κ1) is 26.5. The molecule has 2 fully saturated rings. The summed E-state index contributed by atoms with van der Waals surface area (Å²) in [6.07, 6.45) is -1.66. The molecule has 2 saturated carbocycles. The summed E-state index contributed by atoms with van der Waals surface area (Å²) in [5.41, 5.74) is 2.99. The number of thiophene rings is 1. The van der Waals surface area contributed by atoms with Crippen LogP contribution in [0.4, 0.5) is 0 Å². The minimum atomic E-state index is -3.00. The molecule has 1 aromatic heterocycles. The van der Waals surface area contributed by atoms with E-state index in [1.54, 1.807) is 12.1 Å². The van der Waals surface area contributed by atoms with Crippen molar-refractivity contribution in [3.63, 3.8) is 0 Å². The molecule has 10 nitrogen and oxygen atoms in total. The Labute approximate surface area is 232 Å². The highest BCUT2D eigenvalue weighted by atomic mass is 32.1. The van der Waals surface area contributed by atoms with Crippen LogP contribution in [0.2, 0.25) is 0 Å². The number of Topliss-reactive ketones (excluding diaryl/α,β-unsaturated/α-hetero) is 4. The van der Waals surface area contributed by atoms with Crippen LogP contribution in [0.15, 0.2) is 42.5 Å². The Kier molecular flexibility index (Phi) is 5.86. The number of aliphatic hydroxyl groups is 2. The second-order valence-corrected chi connectivity index (χ2v) is 12.1. The minimum Gasteiger partial charge on any atom is -0.506 e. The highest BCUT2D eigenvalue weighted by Gasteiger charge is 2.72. The maximum absolute atomic E-state index is 14.0. The van der Waals surface area contributed by atoms with Crippen molar-refractivity contribution < 1.29 is 39.3 Å². The first-order valence-electron chi connectivity index (χ1n) is 12.8. The van der Waals surface area contributed by atoms with Gasteiger partial charge >= 0.3 is 0 Å². The first-order valence-corrected chi connectivity index (χ1v) is 13.6. The van der Waals surface area contributed by atoms with E-state index in [1.165, 1.54) is 30.3 Å². The maximum Gasteiger partial charge on any atom is 0.235 e. The number of nitrogens with zero attached hydrogens (tertiary/aromatic N) is 1. The molecule has 3 aliphatic carbocycles. The highest BCUT2D eigenvalue weighted by molar-refractivity contribution is 7.22. The van der Waals surface area contributed by atoms with Crippen LogP contribution in [0.5, 0.6) is 5.75 Å².